The maximum absolute atomic E-state index is 12.5. The normalized spacial score (nSPS) is 25.0. The standard InChI is InChI=1S/C15H19BrN2O3/c16-12-7-11(9-17-10-12)14(20)18-4-2-15(3-5-18)8-13(19)1-6-21-15/h7,9-10,13,19H,1-6,8H2. The van der Waals surface area contributed by atoms with Gasteiger partial charge in [-0.2, -0.15) is 0 Å². The largest absolute Gasteiger partial charge is 0.393 e. The average Bonchev–Trinajstić information content (AvgIpc) is 2.47. The first kappa shape index (κ1) is 14.9. The number of ether oxygens (including phenoxy) is 1. The second kappa shape index (κ2) is 6.02. The molecule has 1 unspecified atom stereocenters. The molecule has 1 N–H and O–H groups in total. The summed E-state index contributed by atoms with van der Waals surface area (Å²) in [6.45, 7) is 1.95. The third-order valence-electron chi connectivity index (χ3n) is 4.38. The number of hydrogen-bond donors (Lipinski definition) is 1. The third kappa shape index (κ3) is 3.27. The number of hydrogen-bond acceptors (Lipinski definition) is 4. The summed E-state index contributed by atoms with van der Waals surface area (Å²) in [7, 11) is 0. The number of aliphatic hydroxyl groups excluding tert-OH is 1. The molecule has 1 aromatic heterocycles. The van der Waals surface area contributed by atoms with Gasteiger partial charge in [0.1, 0.15) is 0 Å². The van der Waals surface area contributed by atoms with Gasteiger partial charge in [0, 0.05) is 43.0 Å². The molecule has 6 heteroatoms. The minimum atomic E-state index is -0.268. The van der Waals surface area contributed by atoms with Crippen molar-refractivity contribution in [3.05, 3.63) is 28.5 Å². The Bertz CT molecular complexity index is 529. The van der Waals surface area contributed by atoms with Crippen molar-refractivity contribution < 1.29 is 14.6 Å². The van der Waals surface area contributed by atoms with Gasteiger partial charge in [0.2, 0.25) is 0 Å². The molecule has 3 rings (SSSR count). The van der Waals surface area contributed by atoms with Crippen LogP contribution in [0.2, 0.25) is 0 Å². The number of pyridine rings is 1. The van der Waals surface area contributed by atoms with Crippen molar-refractivity contribution in [3.8, 4) is 0 Å². The van der Waals surface area contributed by atoms with E-state index in [4.69, 9.17) is 4.74 Å². The molecule has 0 aliphatic carbocycles. The van der Waals surface area contributed by atoms with E-state index in [0.29, 0.717) is 38.1 Å². The molecule has 2 aliphatic heterocycles. The zero-order valence-electron chi connectivity index (χ0n) is 11.8. The van der Waals surface area contributed by atoms with Crippen LogP contribution < -0.4 is 0 Å². The minimum absolute atomic E-state index is 0.00927. The fraction of sp³-hybridized carbons (Fsp3) is 0.600. The Balaban J connectivity index is 1.64. The van der Waals surface area contributed by atoms with Gasteiger partial charge in [-0.3, -0.25) is 9.78 Å². The van der Waals surface area contributed by atoms with E-state index < -0.39 is 0 Å². The van der Waals surface area contributed by atoms with Gasteiger partial charge in [-0.1, -0.05) is 0 Å². The molecule has 1 atom stereocenters. The summed E-state index contributed by atoms with van der Waals surface area (Å²) in [5, 5.41) is 9.84. The van der Waals surface area contributed by atoms with E-state index in [1.54, 1.807) is 18.5 Å². The predicted molar refractivity (Wildman–Crippen MR) is 81.0 cm³/mol. The van der Waals surface area contributed by atoms with Gasteiger partial charge >= 0.3 is 0 Å². The molecule has 2 saturated heterocycles. The summed E-state index contributed by atoms with van der Waals surface area (Å²) in [5.74, 6) is 0.00927. The maximum atomic E-state index is 12.5. The van der Waals surface area contributed by atoms with E-state index in [-0.39, 0.29) is 17.6 Å². The SMILES string of the molecule is O=C(c1cncc(Br)c1)N1CCC2(CC1)CC(O)CCO2. The highest BCUT2D eigenvalue weighted by Crippen LogP contribution is 2.35. The molecule has 0 saturated carbocycles. The van der Waals surface area contributed by atoms with Crippen LogP contribution in [0.25, 0.3) is 0 Å². The Hall–Kier alpha value is -0.980. The highest BCUT2D eigenvalue weighted by atomic mass is 79.9. The fourth-order valence-electron chi connectivity index (χ4n) is 3.18. The van der Waals surface area contributed by atoms with Crippen molar-refractivity contribution in [1.82, 2.24) is 9.88 Å². The van der Waals surface area contributed by atoms with Crippen LogP contribution in [-0.4, -0.2) is 52.3 Å². The number of halogens is 1. The van der Waals surface area contributed by atoms with Gasteiger partial charge in [-0.15, -0.1) is 0 Å². The first-order valence-electron chi connectivity index (χ1n) is 7.30. The quantitative estimate of drug-likeness (QED) is 0.837. The topological polar surface area (TPSA) is 62.7 Å². The van der Waals surface area contributed by atoms with E-state index in [1.165, 1.54) is 0 Å². The van der Waals surface area contributed by atoms with Crippen LogP contribution in [0, 0.1) is 0 Å². The highest BCUT2D eigenvalue weighted by molar-refractivity contribution is 9.10. The molecular weight excluding hydrogens is 336 g/mol. The van der Waals surface area contributed by atoms with Crippen LogP contribution in [-0.2, 0) is 4.74 Å². The van der Waals surface area contributed by atoms with Crippen LogP contribution in [0.3, 0.4) is 0 Å². The maximum Gasteiger partial charge on any atom is 0.255 e. The number of aromatic nitrogens is 1. The van der Waals surface area contributed by atoms with Crippen LogP contribution in [0.1, 0.15) is 36.0 Å². The van der Waals surface area contributed by atoms with Crippen molar-refractivity contribution in [2.24, 2.45) is 0 Å². The highest BCUT2D eigenvalue weighted by Gasteiger charge is 2.40. The first-order chi connectivity index (χ1) is 10.1. The van der Waals surface area contributed by atoms with Gasteiger partial charge in [0.15, 0.2) is 0 Å². The van der Waals surface area contributed by atoms with E-state index in [0.717, 1.165) is 17.3 Å². The summed E-state index contributed by atoms with van der Waals surface area (Å²) in [6.07, 6.45) is 5.98. The molecule has 1 amide bonds. The minimum Gasteiger partial charge on any atom is -0.393 e. The third-order valence-corrected chi connectivity index (χ3v) is 4.81. The fourth-order valence-corrected chi connectivity index (χ4v) is 3.54. The van der Waals surface area contributed by atoms with Crippen molar-refractivity contribution in [2.75, 3.05) is 19.7 Å². The van der Waals surface area contributed by atoms with Crippen LogP contribution in [0.4, 0.5) is 0 Å². The summed E-state index contributed by atoms with van der Waals surface area (Å²) in [6, 6.07) is 1.79. The smallest absolute Gasteiger partial charge is 0.255 e. The lowest BCUT2D eigenvalue weighted by Gasteiger charge is -2.45. The van der Waals surface area contributed by atoms with Gasteiger partial charge in [0.25, 0.3) is 5.91 Å². The Kier molecular flexibility index (Phi) is 4.28. The van der Waals surface area contributed by atoms with Crippen molar-refractivity contribution >= 4 is 21.8 Å². The van der Waals surface area contributed by atoms with Crippen LogP contribution in [0.15, 0.2) is 22.9 Å². The lowest BCUT2D eigenvalue weighted by atomic mass is 9.83. The molecule has 0 aromatic carbocycles. The number of aliphatic hydroxyl groups is 1. The molecule has 0 radical (unpaired) electrons. The van der Waals surface area contributed by atoms with Gasteiger partial charge in [-0.25, -0.2) is 0 Å². The van der Waals surface area contributed by atoms with E-state index in [9.17, 15) is 9.90 Å². The molecule has 1 aromatic rings. The van der Waals surface area contributed by atoms with Gasteiger partial charge in [0.05, 0.1) is 17.3 Å². The van der Waals surface area contributed by atoms with E-state index >= 15 is 0 Å². The summed E-state index contributed by atoms with van der Waals surface area (Å²) in [4.78, 5) is 18.3. The Morgan fingerprint density at radius 3 is 2.86 bits per heavy atom. The number of amides is 1. The number of carbonyl (C=O) groups excluding carboxylic acids is 1. The summed E-state index contributed by atoms with van der Waals surface area (Å²) in [5.41, 5.74) is 0.370. The Morgan fingerprint density at radius 1 is 1.43 bits per heavy atom. The molecule has 5 nitrogen and oxygen atoms in total. The van der Waals surface area contributed by atoms with Crippen molar-refractivity contribution in [2.45, 2.75) is 37.4 Å². The molecule has 21 heavy (non-hydrogen) atoms. The lowest BCUT2D eigenvalue weighted by Crippen LogP contribution is -2.51. The van der Waals surface area contributed by atoms with Gasteiger partial charge in [-0.05, 0) is 41.3 Å². The molecule has 0 bridgehead atoms. The number of carbonyl (C=O) groups is 1. The number of piperidine rings is 1. The molecule has 3 heterocycles. The monoisotopic (exact) mass is 354 g/mol. The Labute approximate surface area is 132 Å². The lowest BCUT2D eigenvalue weighted by molar-refractivity contribution is -0.139. The molecule has 2 aliphatic rings. The van der Waals surface area contributed by atoms with Crippen LogP contribution in [0.5, 0.6) is 0 Å². The second-order valence-electron chi connectivity index (χ2n) is 5.86. The van der Waals surface area contributed by atoms with Gasteiger partial charge < -0.3 is 14.7 Å². The summed E-state index contributed by atoms with van der Waals surface area (Å²) >= 11 is 3.34. The number of likely N-dealkylation sites (tertiary alicyclic amines) is 1. The van der Waals surface area contributed by atoms with E-state index in [2.05, 4.69) is 20.9 Å². The zero-order chi connectivity index (χ0) is 14.9. The summed E-state index contributed by atoms with van der Waals surface area (Å²) < 4.78 is 6.72. The Morgan fingerprint density at radius 2 is 2.19 bits per heavy atom. The van der Waals surface area contributed by atoms with Crippen molar-refractivity contribution in [1.29, 1.82) is 0 Å². The molecule has 114 valence electrons. The van der Waals surface area contributed by atoms with Crippen LogP contribution >= 0.6 is 15.9 Å². The first-order valence-corrected chi connectivity index (χ1v) is 8.09. The predicted octanol–water partition coefficient (Wildman–Crippen LogP) is 1.99. The van der Waals surface area contributed by atoms with Crippen molar-refractivity contribution in [3.63, 3.8) is 0 Å². The average molecular weight is 355 g/mol. The molecule has 1 spiro atoms. The molecular formula is C15H19BrN2O3. The second-order valence-corrected chi connectivity index (χ2v) is 6.78. The zero-order valence-corrected chi connectivity index (χ0v) is 13.4. The number of nitrogens with zero attached hydrogens (tertiary/aromatic N) is 2. The van der Waals surface area contributed by atoms with E-state index in [1.807, 2.05) is 4.90 Å². The molecule has 2 fully saturated rings. The number of rotatable bonds is 1.